The highest BCUT2D eigenvalue weighted by atomic mass is 16.2. The Bertz CT molecular complexity index is 275. The van der Waals surface area contributed by atoms with Gasteiger partial charge >= 0.3 is 0 Å². The number of nitrogens with one attached hydrogen (secondary N) is 1. The summed E-state index contributed by atoms with van der Waals surface area (Å²) >= 11 is 0. The SMILES string of the molecule is C#CCNC(=O)CN1CCN(CC(C)C)CC1. The minimum atomic E-state index is 0.0280. The minimum Gasteiger partial charge on any atom is -0.344 e. The molecule has 1 amide bonds. The number of nitrogens with zero attached hydrogens (tertiary/aromatic N) is 2. The van der Waals surface area contributed by atoms with Gasteiger partial charge in [0.2, 0.25) is 5.91 Å². The van der Waals surface area contributed by atoms with E-state index in [9.17, 15) is 4.79 Å². The van der Waals surface area contributed by atoms with E-state index >= 15 is 0 Å². The van der Waals surface area contributed by atoms with E-state index in [0.717, 1.165) is 32.7 Å². The Balaban J connectivity index is 2.19. The molecule has 0 aromatic carbocycles. The molecule has 1 rings (SSSR count). The molecule has 0 bridgehead atoms. The van der Waals surface area contributed by atoms with Gasteiger partial charge in [0.05, 0.1) is 13.1 Å². The molecule has 1 aliphatic rings. The summed E-state index contributed by atoms with van der Waals surface area (Å²) < 4.78 is 0. The number of hydrogen-bond acceptors (Lipinski definition) is 3. The minimum absolute atomic E-state index is 0.0280. The van der Waals surface area contributed by atoms with E-state index in [1.165, 1.54) is 0 Å². The maximum Gasteiger partial charge on any atom is 0.234 e. The zero-order chi connectivity index (χ0) is 12.7. The third-order valence-electron chi connectivity index (χ3n) is 2.84. The van der Waals surface area contributed by atoms with Gasteiger partial charge in [-0.25, -0.2) is 0 Å². The smallest absolute Gasteiger partial charge is 0.234 e. The highest BCUT2D eigenvalue weighted by Crippen LogP contribution is 2.04. The van der Waals surface area contributed by atoms with Crippen molar-refractivity contribution >= 4 is 5.91 Å². The molecule has 0 spiro atoms. The third-order valence-corrected chi connectivity index (χ3v) is 2.84. The second kappa shape index (κ2) is 7.31. The molecule has 0 aromatic heterocycles. The molecule has 1 aliphatic heterocycles. The van der Waals surface area contributed by atoms with Gasteiger partial charge in [-0.2, -0.15) is 0 Å². The molecule has 0 atom stereocenters. The van der Waals surface area contributed by atoms with Crippen LogP contribution in [-0.4, -0.2) is 61.5 Å². The van der Waals surface area contributed by atoms with Crippen LogP contribution in [-0.2, 0) is 4.79 Å². The van der Waals surface area contributed by atoms with Gasteiger partial charge in [-0.1, -0.05) is 19.8 Å². The molecule has 4 heteroatoms. The number of piperazine rings is 1. The number of carbonyl (C=O) groups is 1. The normalized spacial score (nSPS) is 18.0. The van der Waals surface area contributed by atoms with Crippen LogP contribution in [0.3, 0.4) is 0 Å². The van der Waals surface area contributed by atoms with Crippen LogP contribution in [0.1, 0.15) is 13.8 Å². The zero-order valence-electron chi connectivity index (χ0n) is 10.9. The summed E-state index contributed by atoms with van der Waals surface area (Å²) in [7, 11) is 0. The van der Waals surface area contributed by atoms with Crippen LogP contribution in [0.25, 0.3) is 0 Å². The first-order valence-electron chi connectivity index (χ1n) is 6.26. The summed E-state index contributed by atoms with van der Waals surface area (Å²) in [6, 6.07) is 0. The van der Waals surface area contributed by atoms with Crippen molar-refractivity contribution in [2.24, 2.45) is 5.92 Å². The summed E-state index contributed by atoms with van der Waals surface area (Å²) in [4.78, 5) is 16.1. The molecule has 0 unspecified atom stereocenters. The van der Waals surface area contributed by atoms with E-state index < -0.39 is 0 Å². The van der Waals surface area contributed by atoms with Crippen LogP contribution in [0, 0.1) is 18.3 Å². The van der Waals surface area contributed by atoms with E-state index in [1.54, 1.807) is 0 Å². The second-order valence-electron chi connectivity index (χ2n) is 4.95. The number of hydrogen-bond donors (Lipinski definition) is 1. The molecule has 1 heterocycles. The number of carbonyl (C=O) groups excluding carboxylic acids is 1. The van der Waals surface area contributed by atoms with Gasteiger partial charge in [0.25, 0.3) is 0 Å². The van der Waals surface area contributed by atoms with Gasteiger partial charge in [0, 0.05) is 32.7 Å². The molecular formula is C13H23N3O. The summed E-state index contributed by atoms with van der Waals surface area (Å²) in [5.41, 5.74) is 0. The molecule has 0 radical (unpaired) electrons. The fraction of sp³-hybridized carbons (Fsp3) is 0.769. The number of rotatable bonds is 5. The molecule has 1 N–H and O–H groups in total. The molecule has 4 nitrogen and oxygen atoms in total. The van der Waals surface area contributed by atoms with E-state index in [2.05, 4.69) is 34.9 Å². The van der Waals surface area contributed by atoms with Crippen molar-refractivity contribution in [2.45, 2.75) is 13.8 Å². The van der Waals surface area contributed by atoms with Crippen molar-refractivity contribution in [1.82, 2.24) is 15.1 Å². The molecular weight excluding hydrogens is 214 g/mol. The standard InChI is InChI=1S/C13H23N3O/c1-4-5-14-13(17)11-16-8-6-15(7-9-16)10-12(2)3/h1,12H,5-11H2,2-3H3,(H,14,17). The number of terminal acetylenes is 1. The van der Waals surface area contributed by atoms with Gasteiger partial charge in [0.1, 0.15) is 0 Å². The molecule has 17 heavy (non-hydrogen) atoms. The lowest BCUT2D eigenvalue weighted by atomic mass is 10.2. The predicted molar refractivity (Wildman–Crippen MR) is 69.6 cm³/mol. The van der Waals surface area contributed by atoms with Crippen molar-refractivity contribution in [1.29, 1.82) is 0 Å². The van der Waals surface area contributed by atoms with Gasteiger partial charge < -0.3 is 10.2 Å². The van der Waals surface area contributed by atoms with E-state index in [-0.39, 0.29) is 5.91 Å². The first-order valence-corrected chi connectivity index (χ1v) is 6.26. The Labute approximate surface area is 104 Å². The molecule has 1 saturated heterocycles. The maximum absolute atomic E-state index is 11.5. The quantitative estimate of drug-likeness (QED) is 0.684. The topological polar surface area (TPSA) is 35.6 Å². The van der Waals surface area contributed by atoms with Gasteiger partial charge in [-0.3, -0.25) is 9.69 Å². The van der Waals surface area contributed by atoms with Crippen molar-refractivity contribution in [3.63, 3.8) is 0 Å². The maximum atomic E-state index is 11.5. The Hall–Kier alpha value is -1.05. The van der Waals surface area contributed by atoms with Crippen LogP contribution in [0.4, 0.5) is 0 Å². The summed E-state index contributed by atoms with van der Waals surface area (Å²) in [6.45, 7) is 10.5. The Kier molecular flexibility index (Phi) is 6.03. The van der Waals surface area contributed by atoms with E-state index in [0.29, 0.717) is 19.0 Å². The van der Waals surface area contributed by atoms with Crippen LogP contribution < -0.4 is 5.32 Å². The first-order chi connectivity index (χ1) is 8.11. The van der Waals surface area contributed by atoms with E-state index in [1.807, 2.05) is 0 Å². The highest BCUT2D eigenvalue weighted by Gasteiger charge is 2.18. The predicted octanol–water partition coefficient (Wildman–Crippen LogP) is 0.00940. The molecule has 96 valence electrons. The first kappa shape index (κ1) is 14.0. The van der Waals surface area contributed by atoms with E-state index in [4.69, 9.17) is 6.42 Å². The summed E-state index contributed by atoms with van der Waals surface area (Å²) in [6.07, 6.45) is 5.09. The molecule has 0 aromatic rings. The monoisotopic (exact) mass is 237 g/mol. The average Bonchev–Trinajstić information content (AvgIpc) is 2.28. The van der Waals surface area contributed by atoms with Crippen LogP contribution in [0.2, 0.25) is 0 Å². The molecule has 0 saturated carbocycles. The zero-order valence-corrected chi connectivity index (χ0v) is 10.9. The largest absolute Gasteiger partial charge is 0.344 e. The van der Waals surface area contributed by atoms with Crippen molar-refractivity contribution in [3.05, 3.63) is 0 Å². The van der Waals surface area contributed by atoms with Gasteiger partial charge in [0.15, 0.2) is 0 Å². The fourth-order valence-corrected chi connectivity index (χ4v) is 2.05. The van der Waals surface area contributed by atoms with Crippen molar-refractivity contribution < 1.29 is 4.79 Å². The third kappa shape index (κ3) is 5.71. The Morgan fingerprint density at radius 1 is 1.29 bits per heavy atom. The Morgan fingerprint density at radius 2 is 1.88 bits per heavy atom. The Morgan fingerprint density at radius 3 is 2.41 bits per heavy atom. The van der Waals surface area contributed by atoms with Crippen LogP contribution >= 0.6 is 0 Å². The molecule has 1 fully saturated rings. The lowest BCUT2D eigenvalue weighted by molar-refractivity contribution is -0.122. The number of amides is 1. The summed E-state index contributed by atoms with van der Waals surface area (Å²) in [5.74, 6) is 3.14. The van der Waals surface area contributed by atoms with Crippen molar-refractivity contribution in [2.75, 3.05) is 45.8 Å². The lowest BCUT2D eigenvalue weighted by Gasteiger charge is -2.35. The fourth-order valence-electron chi connectivity index (χ4n) is 2.05. The summed E-state index contributed by atoms with van der Waals surface area (Å²) in [5, 5.41) is 2.69. The van der Waals surface area contributed by atoms with Crippen molar-refractivity contribution in [3.8, 4) is 12.3 Å². The average molecular weight is 237 g/mol. The van der Waals surface area contributed by atoms with Gasteiger partial charge in [-0.05, 0) is 5.92 Å². The lowest BCUT2D eigenvalue weighted by Crippen LogP contribution is -2.50. The van der Waals surface area contributed by atoms with Gasteiger partial charge in [-0.15, -0.1) is 6.42 Å². The van der Waals surface area contributed by atoms with Crippen LogP contribution in [0.15, 0.2) is 0 Å². The van der Waals surface area contributed by atoms with Crippen LogP contribution in [0.5, 0.6) is 0 Å². The molecule has 0 aliphatic carbocycles. The second-order valence-corrected chi connectivity index (χ2v) is 4.95. The highest BCUT2D eigenvalue weighted by molar-refractivity contribution is 5.78.